The molecule has 1 aliphatic heterocycles. The first-order valence-electron chi connectivity index (χ1n) is 5.62. The van der Waals surface area contributed by atoms with Gasteiger partial charge in [0, 0.05) is 5.56 Å². The number of fused-ring (bicyclic) bond motifs is 1. The van der Waals surface area contributed by atoms with Crippen LogP contribution >= 0.6 is 0 Å². The van der Waals surface area contributed by atoms with Crippen LogP contribution in [0.4, 0.5) is 0 Å². The molecule has 1 unspecified atom stereocenters. The fraction of sp³-hybridized carbons (Fsp3) is 0.214. The Bertz CT molecular complexity index is 499. The molecule has 2 heteroatoms. The van der Waals surface area contributed by atoms with Gasteiger partial charge in [0.25, 0.3) is 5.91 Å². The minimum atomic E-state index is 0.0421. The van der Waals surface area contributed by atoms with Crippen molar-refractivity contribution in [3.05, 3.63) is 59.2 Å². The van der Waals surface area contributed by atoms with Gasteiger partial charge in [-0.25, -0.2) is 0 Å². The Kier molecular flexibility index (Phi) is 2.13. The molecule has 0 saturated carbocycles. The predicted octanol–water partition coefficient (Wildman–Crippen LogP) is 2.75. The monoisotopic (exact) mass is 211 g/mol. The largest absolute Gasteiger partial charge is 0.341 e. The van der Waals surface area contributed by atoms with Crippen molar-refractivity contribution in [3.63, 3.8) is 0 Å². The Balaban J connectivity index is 2.03. The second-order valence-corrected chi connectivity index (χ2v) is 4.18. The van der Waals surface area contributed by atoms with Crippen LogP contribution in [0.1, 0.15) is 34.8 Å². The van der Waals surface area contributed by atoms with E-state index in [0.29, 0.717) is 0 Å². The smallest absolute Gasteiger partial charge is 0.252 e. The van der Waals surface area contributed by atoms with E-state index >= 15 is 0 Å². The predicted molar refractivity (Wildman–Crippen MR) is 63.1 cm³/mol. The lowest BCUT2D eigenvalue weighted by molar-refractivity contribution is 0.0960. The number of benzene rings is 1. The molecule has 0 aromatic heterocycles. The number of hydrogen-bond acceptors (Lipinski definition) is 1. The molecule has 2 nitrogen and oxygen atoms in total. The third-order valence-corrected chi connectivity index (χ3v) is 3.15. The van der Waals surface area contributed by atoms with Gasteiger partial charge in [-0.15, -0.1) is 0 Å². The summed E-state index contributed by atoms with van der Waals surface area (Å²) in [5, 5.41) is 3.03. The topological polar surface area (TPSA) is 29.1 Å². The van der Waals surface area contributed by atoms with Crippen LogP contribution in [0.2, 0.25) is 0 Å². The molecule has 1 aliphatic carbocycles. The Labute approximate surface area is 94.7 Å². The molecular weight excluding hydrogens is 198 g/mol. The summed E-state index contributed by atoms with van der Waals surface area (Å²) in [6.07, 6.45) is 8.68. The summed E-state index contributed by atoms with van der Waals surface area (Å²) < 4.78 is 0. The zero-order valence-electron chi connectivity index (χ0n) is 8.94. The van der Waals surface area contributed by atoms with Crippen LogP contribution in [0, 0.1) is 0 Å². The number of allylic oxidation sites excluding steroid dienone is 2. The number of carbonyl (C=O) groups excluding carboxylic acids is 1. The molecule has 1 aromatic rings. The summed E-state index contributed by atoms with van der Waals surface area (Å²) in [5.74, 6) is 0.0421. The summed E-state index contributed by atoms with van der Waals surface area (Å²) in [7, 11) is 0. The van der Waals surface area contributed by atoms with Crippen molar-refractivity contribution in [3.8, 4) is 0 Å². The highest BCUT2D eigenvalue weighted by atomic mass is 16.2. The van der Waals surface area contributed by atoms with E-state index in [1.54, 1.807) is 0 Å². The summed E-state index contributed by atoms with van der Waals surface area (Å²) >= 11 is 0. The third-order valence-electron chi connectivity index (χ3n) is 3.15. The molecular formula is C14H13NO. The van der Waals surface area contributed by atoms with E-state index in [4.69, 9.17) is 0 Å². The number of nitrogens with one attached hydrogen (secondary N) is 1. The zero-order chi connectivity index (χ0) is 11.0. The molecule has 3 rings (SSSR count). The lowest BCUT2D eigenvalue weighted by Crippen LogP contribution is -2.20. The van der Waals surface area contributed by atoms with Gasteiger partial charge in [-0.1, -0.05) is 36.4 Å². The normalized spacial score (nSPS) is 22.6. The molecule has 1 amide bonds. The highest BCUT2D eigenvalue weighted by Crippen LogP contribution is 2.32. The first kappa shape index (κ1) is 9.40. The van der Waals surface area contributed by atoms with Crippen molar-refractivity contribution in [1.29, 1.82) is 0 Å². The Morgan fingerprint density at radius 3 is 2.88 bits per heavy atom. The van der Waals surface area contributed by atoms with E-state index in [9.17, 15) is 4.79 Å². The van der Waals surface area contributed by atoms with Gasteiger partial charge >= 0.3 is 0 Å². The summed E-state index contributed by atoms with van der Waals surface area (Å²) in [4.78, 5) is 11.8. The van der Waals surface area contributed by atoms with Crippen LogP contribution in [0.5, 0.6) is 0 Å². The highest BCUT2D eigenvalue weighted by Gasteiger charge is 2.29. The summed E-state index contributed by atoms with van der Waals surface area (Å²) in [5.41, 5.74) is 3.13. The van der Waals surface area contributed by atoms with Crippen molar-refractivity contribution in [2.24, 2.45) is 0 Å². The average molecular weight is 211 g/mol. The number of hydrogen-bond donors (Lipinski definition) is 1. The van der Waals surface area contributed by atoms with E-state index in [1.165, 1.54) is 5.57 Å². The van der Waals surface area contributed by atoms with Gasteiger partial charge < -0.3 is 5.32 Å². The average Bonchev–Trinajstić information content (AvgIpc) is 2.69. The maximum absolute atomic E-state index is 11.8. The standard InChI is InChI=1S/C14H13NO/c16-14-12-9-5-4-8-11(12)13(15-14)10-6-2-1-3-7-10/h2,4-9,13H,1,3H2,(H,15,16). The van der Waals surface area contributed by atoms with E-state index in [-0.39, 0.29) is 11.9 Å². The quantitative estimate of drug-likeness (QED) is 0.760. The molecule has 80 valence electrons. The van der Waals surface area contributed by atoms with Gasteiger partial charge in [0.1, 0.15) is 0 Å². The third kappa shape index (κ3) is 1.38. The number of amides is 1. The van der Waals surface area contributed by atoms with Crippen molar-refractivity contribution in [1.82, 2.24) is 5.32 Å². The van der Waals surface area contributed by atoms with Gasteiger partial charge in [0.05, 0.1) is 6.04 Å². The summed E-state index contributed by atoms with van der Waals surface area (Å²) in [6.45, 7) is 0. The lowest BCUT2D eigenvalue weighted by Gasteiger charge is -2.15. The van der Waals surface area contributed by atoms with Crippen LogP contribution in [0.3, 0.4) is 0 Å². The van der Waals surface area contributed by atoms with Crippen molar-refractivity contribution in [2.75, 3.05) is 0 Å². The molecule has 1 aromatic carbocycles. The van der Waals surface area contributed by atoms with Crippen LogP contribution in [-0.4, -0.2) is 5.91 Å². The van der Waals surface area contributed by atoms with Crippen molar-refractivity contribution in [2.45, 2.75) is 18.9 Å². The van der Waals surface area contributed by atoms with Crippen molar-refractivity contribution < 1.29 is 4.79 Å². The SMILES string of the molecule is O=C1NC(C2=CCCC=C2)c2ccccc21. The molecule has 0 spiro atoms. The molecule has 0 bridgehead atoms. The zero-order valence-corrected chi connectivity index (χ0v) is 8.94. The Morgan fingerprint density at radius 1 is 1.19 bits per heavy atom. The van der Waals surface area contributed by atoms with E-state index in [1.807, 2.05) is 24.3 Å². The number of rotatable bonds is 1. The maximum Gasteiger partial charge on any atom is 0.252 e. The number of carbonyl (C=O) groups is 1. The van der Waals surface area contributed by atoms with Gasteiger partial charge in [0.15, 0.2) is 0 Å². The second-order valence-electron chi connectivity index (χ2n) is 4.18. The minimum absolute atomic E-state index is 0.0421. The molecule has 1 heterocycles. The Morgan fingerprint density at radius 2 is 2.06 bits per heavy atom. The minimum Gasteiger partial charge on any atom is -0.341 e. The van der Waals surface area contributed by atoms with Crippen LogP contribution in [0.25, 0.3) is 0 Å². The van der Waals surface area contributed by atoms with Crippen molar-refractivity contribution >= 4 is 5.91 Å². The van der Waals surface area contributed by atoms with E-state index in [2.05, 4.69) is 23.5 Å². The van der Waals surface area contributed by atoms with Gasteiger partial charge in [-0.3, -0.25) is 4.79 Å². The van der Waals surface area contributed by atoms with Gasteiger partial charge in [-0.2, -0.15) is 0 Å². The fourth-order valence-electron chi connectivity index (χ4n) is 2.35. The van der Waals surface area contributed by atoms with E-state index < -0.39 is 0 Å². The summed E-state index contributed by atoms with van der Waals surface area (Å²) in [6, 6.07) is 7.87. The van der Waals surface area contributed by atoms with Crippen LogP contribution in [0.15, 0.2) is 48.1 Å². The van der Waals surface area contributed by atoms with Crippen LogP contribution in [-0.2, 0) is 0 Å². The first-order valence-corrected chi connectivity index (χ1v) is 5.62. The molecule has 0 fully saturated rings. The molecule has 0 saturated heterocycles. The maximum atomic E-state index is 11.8. The second kappa shape index (κ2) is 3.63. The molecule has 16 heavy (non-hydrogen) atoms. The van der Waals surface area contributed by atoms with Gasteiger partial charge in [0.2, 0.25) is 0 Å². The lowest BCUT2D eigenvalue weighted by atomic mass is 9.94. The van der Waals surface area contributed by atoms with E-state index in [0.717, 1.165) is 24.0 Å². The molecule has 0 radical (unpaired) electrons. The highest BCUT2D eigenvalue weighted by molar-refractivity contribution is 5.99. The molecule has 1 atom stereocenters. The van der Waals surface area contributed by atoms with Gasteiger partial charge in [-0.05, 0) is 30.0 Å². The van der Waals surface area contributed by atoms with Crippen LogP contribution < -0.4 is 5.32 Å². The fourth-order valence-corrected chi connectivity index (χ4v) is 2.35. The first-order chi connectivity index (χ1) is 7.86. The Hall–Kier alpha value is -1.83. The molecule has 2 aliphatic rings. The molecule has 1 N–H and O–H groups in total.